The standard InChI is InChI=1S/C24H47N3O3/c1-18(2)25-13-9-20(10-14-25)30-24(5,6)27-15-11-21(22(29)17-27)23(3,4)26-12-7-8-19(28)16-26/h18-22,28-29H,7-17H2,1-6H3/t19-,21?,22-/m0/s1. The Morgan fingerprint density at radius 3 is 2.07 bits per heavy atom. The van der Waals surface area contributed by atoms with Crippen LogP contribution in [0, 0.1) is 5.92 Å². The van der Waals surface area contributed by atoms with Gasteiger partial charge in [0.25, 0.3) is 0 Å². The van der Waals surface area contributed by atoms with Crippen molar-refractivity contribution in [2.45, 2.75) is 109 Å². The van der Waals surface area contributed by atoms with E-state index < -0.39 is 0 Å². The number of β-amino-alcohol motifs (C(OH)–C–C–N with tert-alkyl or cyclic N) is 2. The summed E-state index contributed by atoms with van der Waals surface area (Å²) in [7, 11) is 0. The number of hydrogen-bond donors (Lipinski definition) is 2. The molecule has 3 saturated heterocycles. The van der Waals surface area contributed by atoms with Gasteiger partial charge in [0.05, 0.1) is 18.3 Å². The molecular weight excluding hydrogens is 378 g/mol. The van der Waals surface area contributed by atoms with Crippen LogP contribution >= 0.6 is 0 Å². The maximum atomic E-state index is 11.1. The molecule has 0 amide bonds. The minimum Gasteiger partial charge on any atom is -0.392 e. The van der Waals surface area contributed by atoms with Gasteiger partial charge in [-0.1, -0.05) is 0 Å². The molecule has 0 aromatic rings. The van der Waals surface area contributed by atoms with Gasteiger partial charge in [0.1, 0.15) is 5.72 Å². The van der Waals surface area contributed by atoms with Gasteiger partial charge in [-0.2, -0.15) is 0 Å². The number of aliphatic hydroxyl groups excluding tert-OH is 2. The van der Waals surface area contributed by atoms with Crippen LogP contribution in [0.1, 0.15) is 73.6 Å². The van der Waals surface area contributed by atoms with E-state index in [4.69, 9.17) is 4.74 Å². The van der Waals surface area contributed by atoms with Crippen LogP contribution in [-0.4, -0.2) is 99.8 Å². The van der Waals surface area contributed by atoms with Crippen LogP contribution in [0.2, 0.25) is 0 Å². The van der Waals surface area contributed by atoms with Gasteiger partial charge in [-0.25, -0.2) is 0 Å². The molecule has 0 radical (unpaired) electrons. The molecule has 0 spiro atoms. The zero-order valence-corrected chi connectivity index (χ0v) is 20.3. The minimum absolute atomic E-state index is 0.110. The highest BCUT2D eigenvalue weighted by Gasteiger charge is 2.45. The average molecular weight is 426 g/mol. The molecule has 30 heavy (non-hydrogen) atoms. The van der Waals surface area contributed by atoms with E-state index in [0.29, 0.717) is 18.7 Å². The predicted octanol–water partition coefficient (Wildman–Crippen LogP) is 2.53. The van der Waals surface area contributed by atoms with Gasteiger partial charge in [0.15, 0.2) is 0 Å². The molecule has 3 fully saturated rings. The second kappa shape index (κ2) is 9.72. The van der Waals surface area contributed by atoms with Crippen molar-refractivity contribution in [3.05, 3.63) is 0 Å². The van der Waals surface area contributed by atoms with E-state index in [1.54, 1.807) is 0 Å². The number of ether oxygens (including phenoxy) is 1. The van der Waals surface area contributed by atoms with E-state index in [1.807, 2.05) is 0 Å². The molecule has 0 bridgehead atoms. The Morgan fingerprint density at radius 1 is 0.833 bits per heavy atom. The lowest BCUT2D eigenvalue weighted by Crippen LogP contribution is -2.63. The lowest BCUT2D eigenvalue weighted by molar-refractivity contribution is -0.199. The zero-order chi connectivity index (χ0) is 22.1. The molecule has 3 aliphatic rings. The van der Waals surface area contributed by atoms with Crippen LogP contribution < -0.4 is 0 Å². The van der Waals surface area contributed by atoms with Crippen LogP contribution in [0.3, 0.4) is 0 Å². The van der Waals surface area contributed by atoms with Crippen LogP contribution in [0.5, 0.6) is 0 Å². The van der Waals surface area contributed by atoms with Crippen LogP contribution in [0.15, 0.2) is 0 Å². The summed E-state index contributed by atoms with van der Waals surface area (Å²) in [5.41, 5.74) is -0.469. The summed E-state index contributed by atoms with van der Waals surface area (Å²) < 4.78 is 6.59. The quantitative estimate of drug-likeness (QED) is 0.682. The number of piperidine rings is 3. The molecule has 0 aromatic carbocycles. The second-order valence-electron chi connectivity index (χ2n) is 11.2. The van der Waals surface area contributed by atoms with Crippen molar-refractivity contribution >= 4 is 0 Å². The Bertz CT molecular complexity index is 546. The summed E-state index contributed by atoms with van der Waals surface area (Å²) in [5.74, 6) is 0.212. The first-order valence-corrected chi connectivity index (χ1v) is 12.3. The Labute approximate surface area is 184 Å². The van der Waals surface area contributed by atoms with Crippen LogP contribution in [-0.2, 0) is 4.74 Å². The van der Waals surface area contributed by atoms with Crippen molar-refractivity contribution in [1.82, 2.24) is 14.7 Å². The SMILES string of the molecule is CC(C)N1CCC(OC(C)(C)N2CCC(C(C)(C)N3CCC[C@H](O)C3)[C@@H](O)C2)CC1. The second-order valence-corrected chi connectivity index (χ2v) is 11.2. The predicted molar refractivity (Wildman–Crippen MR) is 121 cm³/mol. The minimum atomic E-state index is -0.376. The summed E-state index contributed by atoms with van der Waals surface area (Å²) in [5, 5.41) is 21.3. The molecule has 1 unspecified atom stereocenters. The lowest BCUT2D eigenvalue weighted by Gasteiger charge is -2.53. The third-order valence-corrected chi connectivity index (χ3v) is 8.12. The smallest absolute Gasteiger partial charge is 0.116 e. The Hall–Kier alpha value is -0.240. The average Bonchev–Trinajstić information content (AvgIpc) is 2.68. The molecule has 0 aromatic heterocycles. The van der Waals surface area contributed by atoms with Crippen molar-refractivity contribution in [2.24, 2.45) is 5.92 Å². The van der Waals surface area contributed by atoms with Gasteiger partial charge in [-0.05, 0) is 80.2 Å². The highest BCUT2D eigenvalue weighted by molar-refractivity contribution is 4.98. The topological polar surface area (TPSA) is 59.4 Å². The molecule has 3 atom stereocenters. The largest absolute Gasteiger partial charge is 0.392 e. The molecule has 6 nitrogen and oxygen atoms in total. The number of aliphatic hydroxyl groups is 2. The molecule has 3 rings (SSSR count). The van der Waals surface area contributed by atoms with Gasteiger partial charge < -0.3 is 19.8 Å². The number of likely N-dealkylation sites (tertiary alicyclic amines) is 3. The third-order valence-electron chi connectivity index (χ3n) is 8.12. The maximum Gasteiger partial charge on any atom is 0.116 e. The maximum absolute atomic E-state index is 11.1. The highest BCUT2D eigenvalue weighted by Crippen LogP contribution is 2.37. The van der Waals surface area contributed by atoms with Gasteiger partial charge in [-0.15, -0.1) is 0 Å². The van der Waals surface area contributed by atoms with Gasteiger partial charge in [-0.3, -0.25) is 9.80 Å². The summed E-state index contributed by atoms with van der Waals surface area (Å²) in [6.07, 6.45) is 4.76. The molecule has 0 aliphatic carbocycles. The molecule has 3 aliphatic heterocycles. The third kappa shape index (κ3) is 5.57. The van der Waals surface area contributed by atoms with Crippen LogP contribution in [0.4, 0.5) is 0 Å². The van der Waals surface area contributed by atoms with E-state index in [9.17, 15) is 10.2 Å². The molecule has 6 heteroatoms. The summed E-state index contributed by atoms with van der Waals surface area (Å²) in [6.45, 7) is 18.9. The fourth-order valence-electron chi connectivity index (χ4n) is 5.95. The highest BCUT2D eigenvalue weighted by atomic mass is 16.5. The van der Waals surface area contributed by atoms with E-state index in [-0.39, 0.29) is 29.4 Å². The summed E-state index contributed by atoms with van der Waals surface area (Å²) in [4.78, 5) is 7.26. The molecule has 176 valence electrons. The molecular formula is C24H47N3O3. The Kier molecular flexibility index (Phi) is 7.90. The lowest BCUT2D eigenvalue weighted by atomic mass is 9.76. The first kappa shape index (κ1) is 24.4. The van der Waals surface area contributed by atoms with E-state index in [0.717, 1.165) is 64.8 Å². The number of hydrogen-bond acceptors (Lipinski definition) is 6. The normalized spacial score (nSPS) is 32.1. The first-order chi connectivity index (χ1) is 14.0. The monoisotopic (exact) mass is 425 g/mol. The summed E-state index contributed by atoms with van der Waals surface area (Å²) >= 11 is 0. The van der Waals surface area contributed by atoms with Gasteiger partial charge in [0.2, 0.25) is 0 Å². The van der Waals surface area contributed by atoms with Crippen molar-refractivity contribution in [2.75, 3.05) is 39.3 Å². The van der Waals surface area contributed by atoms with E-state index >= 15 is 0 Å². The van der Waals surface area contributed by atoms with Gasteiger partial charge in [0, 0.05) is 50.2 Å². The van der Waals surface area contributed by atoms with Crippen molar-refractivity contribution < 1.29 is 14.9 Å². The van der Waals surface area contributed by atoms with E-state index in [1.165, 1.54) is 0 Å². The number of nitrogens with zero attached hydrogens (tertiary/aromatic N) is 3. The molecule has 2 N–H and O–H groups in total. The Morgan fingerprint density at radius 2 is 1.50 bits per heavy atom. The molecule has 0 saturated carbocycles. The van der Waals surface area contributed by atoms with Crippen molar-refractivity contribution in [3.8, 4) is 0 Å². The Balaban J connectivity index is 1.55. The fourth-order valence-corrected chi connectivity index (χ4v) is 5.95. The van der Waals surface area contributed by atoms with Crippen LogP contribution in [0.25, 0.3) is 0 Å². The fraction of sp³-hybridized carbons (Fsp3) is 1.00. The number of rotatable bonds is 6. The van der Waals surface area contributed by atoms with Crippen molar-refractivity contribution in [1.29, 1.82) is 0 Å². The zero-order valence-electron chi connectivity index (χ0n) is 20.3. The molecule has 3 heterocycles. The van der Waals surface area contributed by atoms with Crippen molar-refractivity contribution in [3.63, 3.8) is 0 Å². The van der Waals surface area contributed by atoms with Gasteiger partial charge >= 0.3 is 0 Å². The first-order valence-electron chi connectivity index (χ1n) is 12.3. The van der Waals surface area contributed by atoms with E-state index in [2.05, 4.69) is 56.2 Å². The summed E-state index contributed by atoms with van der Waals surface area (Å²) in [6, 6.07) is 0.609.